The lowest BCUT2D eigenvalue weighted by atomic mass is 10.1. The number of amides is 3. The van der Waals surface area contributed by atoms with Crippen LogP contribution < -0.4 is 15.4 Å². The third-order valence-electron chi connectivity index (χ3n) is 4.08. The first-order valence-corrected chi connectivity index (χ1v) is 9.36. The summed E-state index contributed by atoms with van der Waals surface area (Å²) in [6, 6.07) is 11.3. The van der Waals surface area contributed by atoms with Crippen molar-refractivity contribution in [3.05, 3.63) is 48.5 Å². The summed E-state index contributed by atoms with van der Waals surface area (Å²) < 4.78 is 53.0. The molecule has 0 saturated carbocycles. The predicted molar refractivity (Wildman–Crippen MR) is 94.9 cm³/mol. The molecular formula is C18H15F3N2O4S. The standard InChI is InChI=1S/C18H15F3N2O4S/c1-17(15(24)22-16(25)23-17)10-28(26)14-8-4-12(5-9-14)11-2-6-13(7-3-11)27-18(19,20)21/h2-9H,10H2,1H3,(H2,22,23,24,25). The van der Waals surface area contributed by atoms with Gasteiger partial charge in [-0.1, -0.05) is 24.3 Å². The Bertz CT molecular complexity index is 929. The van der Waals surface area contributed by atoms with Gasteiger partial charge in [-0.25, -0.2) is 4.79 Å². The summed E-state index contributed by atoms with van der Waals surface area (Å²) in [6.07, 6.45) is -4.75. The van der Waals surface area contributed by atoms with Crippen LogP contribution in [0.25, 0.3) is 11.1 Å². The van der Waals surface area contributed by atoms with Crippen LogP contribution in [0, 0.1) is 0 Å². The second-order valence-electron chi connectivity index (χ2n) is 6.33. The molecule has 0 aliphatic carbocycles. The van der Waals surface area contributed by atoms with Gasteiger partial charge < -0.3 is 10.1 Å². The van der Waals surface area contributed by atoms with E-state index in [0.29, 0.717) is 16.0 Å². The highest BCUT2D eigenvalue weighted by molar-refractivity contribution is 7.85. The maximum Gasteiger partial charge on any atom is 0.573 e. The molecule has 1 aliphatic rings. The molecular weight excluding hydrogens is 397 g/mol. The Morgan fingerprint density at radius 3 is 2.00 bits per heavy atom. The van der Waals surface area contributed by atoms with Gasteiger partial charge in [-0.2, -0.15) is 0 Å². The van der Waals surface area contributed by atoms with Crippen molar-refractivity contribution >= 4 is 22.7 Å². The number of nitrogens with one attached hydrogen (secondary N) is 2. The molecule has 1 fully saturated rings. The molecule has 2 aromatic carbocycles. The van der Waals surface area contributed by atoms with Crippen molar-refractivity contribution in [3.63, 3.8) is 0 Å². The Morgan fingerprint density at radius 2 is 1.54 bits per heavy atom. The smallest absolute Gasteiger partial charge is 0.406 e. The van der Waals surface area contributed by atoms with E-state index in [1.807, 2.05) is 0 Å². The van der Waals surface area contributed by atoms with E-state index >= 15 is 0 Å². The highest BCUT2D eigenvalue weighted by Gasteiger charge is 2.43. The maximum atomic E-state index is 12.5. The van der Waals surface area contributed by atoms with Gasteiger partial charge in [0.1, 0.15) is 11.3 Å². The van der Waals surface area contributed by atoms with Crippen molar-refractivity contribution in [2.24, 2.45) is 0 Å². The van der Waals surface area contributed by atoms with E-state index in [4.69, 9.17) is 0 Å². The summed E-state index contributed by atoms with van der Waals surface area (Å²) in [4.78, 5) is 23.5. The van der Waals surface area contributed by atoms with E-state index < -0.39 is 34.6 Å². The number of carbonyl (C=O) groups excluding carboxylic acids is 2. The van der Waals surface area contributed by atoms with Crippen molar-refractivity contribution in [3.8, 4) is 16.9 Å². The summed E-state index contributed by atoms with van der Waals surface area (Å²) in [5.74, 6) is -0.948. The van der Waals surface area contributed by atoms with E-state index in [9.17, 15) is 27.0 Å². The van der Waals surface area contributed by atoms with Crippen molar-refractivity contribution in [1.82, 2.24) is 10.6 Å². The van der Waals surface area contributed by atoms with Gasteiger partial charge in [0.15, 0.2) is 0 Å². The van der Waals surface area contributed by atoms with Crippen LogP contribution in [-0.2, 0) is 15.6 Å². The number of urea groups is 1. The number of imide groups is 1. The third-order valence-corrected chi connectivity index (χ3v) is 5.71. The van der Waals surface area contributed by atoms with E-state index in [2.05, 4.69) is 15.4 Å². The van der Waals surface area contributed by atoms with Crippen LogP contribution in [0.15, 0.2) is 53.4 Å². The molecule has 6 nitrogen and oxygen atoms in total. The number of carbonyl (C=O) groups is 2. The molecule has 1 aliphatic heterocycles. The van der Waals surface area contributed by atoms with E-state index in [1.54, 1.807) is 24.3 Å². The average molecular weight is 412 g/mol. The van der Waals surface area contributed by atoms with Gasteiger partial charge in [-0.05, 0) is 42.3 Å². The van der Waals surface area contributed by atoms with Crippen LogP contribution in [-0.4, -0.2) is 33.8 Å². The molecule has 3 rings (SSSR count). The first-order chi connectivity index (χ1) is 13.1. The topological polar surface area (TPSA) is 84.5 Å². The lowest BCUT2D eigenvalue weighted by Crippen LogP contribution is -2.48. The number of hydrogen-bond donors (Lipinski definition) is 2. The fourth-order valence-corrected chi connectivity index (χ4v) is 4.01. The molecule has 0 aromatic heterocycles. The lowest BCUT2D eigenvalue weighted by Gasteiger charge is -2.19. The Labute approximate surface area is 160 Å². The summed E-state index contributed by atoms with van der Waals surface area (Å²) in [6.45, 7) is 1.49. The Morgan fingerprint density at radius 1 is 1.00 bits per heavy atom. The fraction of sp³-hybridized carbons (Fsp3) is 0.222. The minimum atomic E-state index is -4.75. The number of rotatable bonds is 5. The molecule has 1 saturated heterocycles. The summed E-state index contributed by atoms with van der Waals surface area (Å²) >= 11 is 0. The van der Waals surface area contributed by atoms with E-state index in [0.717, 1.165) is 0 Å². The minimum absolute atomic E-state index is 0.0899. The van der Waals surface area contributed by atoms with Crippen LogP contribution >= 0.6 is 0 Å². The van der Waals surface area contributed by atoms with Crippen molar-refractivity contribution in [2.45, 2.75) is 23.7 Å². The predicted octanol–water partition coefficient (Wildman–Crippen LogP) is 2.96. The number of alkyl halides is 3. The second-order valence-corrected chi connectivity index (χ2v) is 7.78. The number of ether oxygens (including phenoxy) is 1. The van der Waals surface area contributed by atoms with E-state index in [1.165, 1.54) is 31.2 Å². The normalized spacial score (nSPS) is 20.4. The highest BCUT2D eigenvalue weighted by Crippen LogP contribution is 2.27. The first-order valence-electron chi connectivity index (χ1n) is 8.04. The van der Waals surface area contributed by atoms with Gasteiger partial charge >= 0.3 is 12.4 Å². The van der Waals surface area contributed by atoms with Crippen LogP contribution in [0.1, 0.15) is 6.92 Å². The molecule has 2 unspecified atom stereocenters. The molecule has 28 heavy (non-hydrogen) atoms. The molecule has 0 radical (unpaired) electrons. The highest BCUT2D eigenvalue weighted by atomic mass is 32.2. The van der Waals surface area contributed by atoms with Crippen molar-refractivity contribution < 1.29 is 31.7 Å². The maximum absolute atomic E-state index is 12.5. The molecule has 2 atom stereocenters. The van der Waals surface area contributed by atoms with Gasteiger partial charge in [-0.15, -0.1) is 13.2 Å². The molecule has 148 valence electrons. The van der Waals surface area contributed by atoms with Gasteiger partial charge in [0.2, 0.25) is 0 Å². The third kappa shape index (κ3) is 4.50. The van der Waals surface area contributed by atoms with Gasteiger partial charge in [-0.3, -0.25) is 14.3 Å². The Kier molecular flexibility index (Phi) is 5.16. The second kappa shape index (κ2) is 7.27. The zero-order chi connectivity index (χ0) is 20.5. The van der Waals surface area contributed by atoms with E-state index in [-0.39, 0.29) is 11.5 Å². The number of halogens is 3. The van der Waals surface area contributed by atoms with Gasteiger partial charge in [0.05, 0.1) is 16.6 Å². The summed E-state index contributed by atoms with van der Waals surface area (Å²) in [5, 5.41) is 4.56. The van der Waals surface area contributed by atoms with Crippen LogP contribution in [0.3, 0.4) is 0 Å². The fourth-order valence-electron chi connectivity index (χ4n) is 2.68. The lowest BCUT2D eigenvalue weighted by molar-refractivity contribution is -0.274. The van der Waals surface area contributed by atoms with Crippen LogP contribution in [0.4, 0.5) is 18.0 Å². The Balaban J connectivity index is 1.70. The SMILES string of the molecule is CC1(CS(=O)c2ccc(-c3ccc(OC(F)(F)F)cc3)cc2)NC(=O)NC1=O. The zero-order valence-corrected chi connectivity index (χ0v) is 15.3. The molecule has 10 heteroatoms. The summed E-state index contributed by atoms with van der Waals surface area (Å²) in [5.41, 5.74) is 0.105. The monoisotopic (exact) mass is 412 g/mol. The molecule has 2 N–H and O–H groups in total. The quantitative estimate of drug-likeness (QED) is 0.740. The molecule has 0 spiro atoms. The van der Waals surface area contributed by atoms with Crippen LogP contribution in [0.5, 0.6) is 5.75 Å². The molecule has 2 aromatic rings. The van der Waals surface area contributed by atoms with Gasteiger partial charge in [0.25, 0.3) is 5.91 Å². The van der Waals surface area contributed by atoms with Crippen molar-refractivity contribution in [2.75, 3.05) is 5.75 Å². The first kappa shape index (κ1) is 19.9. The molecule has 3 amide bonds. The molecule has 1 heterocycles. The average Bonchev–Trinajstić information content (AvgIpc) is 2.86. The Hall–Kier alpha value is -2.88. The number of hydrogen-bond acceptors (Lipinski definition) is 4. The van der Waals surface area contributed by atoms with Crippen molar-refractivity contribution in [1.29, 1.82) is 0 Å². The summed E-state index contributed by atoms with van der Waals surface area (Å²) in [7, 11) is -1.55. The largest absolute Gasteiger partial charge is 0.573 e. The van der Waals surface area contributed by atoms with Crippen LogP contribution in [0.2, 0.25) is 0 Å². The minimum Gasteiger partial charge on any atom is -0.406 e. The zero-order valence-electron chi connectivity index (χ0n) is 14.5. The van der Waals surface area contributed by atoms with Gasteiger partial charge in [0, 0.05) is 4.90 Å². The number of benzene rings is 2. The molecule has 0 bridgehead atoms.